The zero-order chi connectivity index (χ0) is 13.0. The minimum absolute atomic E-state index is 0.414. The second-order valence-electron chi connectivity index (χ2n) is 5.71. The Hall–Kier alpha value is -1.02. The molecule has 18 heavy (non-hydrogen) atoms. The number of aryl methyl sites for hydroxylation is 1. The highest BCUT2D eigenvalue weighted by molar-refractivity contribution is 5.26. The number of ether oxygens (including phenoxy) is 1. The monoisotopic (exact) mass is 247 g/mol. The molecular weight excluding hydrogens is 222 g/mol. The molecule has 2 rings (SSSR count). The number of benzene rings is 1. The second kappa shape index (κ2) is 6.24. The van der Waals surface area contributed by atoms with Crippen LogP contribution < -0.4 is 10.1 Å². The fourth-order valence-electron chi connectivity index (χ4n) is 2.66. The maximum atomic E-state index is 5.81. The maximum absolute atomic E-state index is 5.81. The number of rotatable bonds is 5. The molecule has 0 aliphatic heterocycles. The molecule has 0 spiro atoms. The topological polar surface area (TPSA) is 21.3 Å². The van der Waals surface area contributed by atoms with Crippen LogP contribution in [0.25, 0.3) is 0 Å². The lowest BCUT2D eigenvalue weighted by Gasteiger charge is -2.23. The molecular formula is C16H25NO. The molecule has 1 aliphatic carbocycles. The Morgan fingerprint density at radius 1 is 1.28 bits per heavy atom. The first-order chi connectivity index (χ1) is 8.65. The van der Waals surface area contributed by atoms with Crippen LogP contribution in [0.3, 0.4) is 0 Å². The summed E-state index contributed by atoms with van der Waals surface area (Å²) in [6, 6.07) is 9.36. The van der Waals surface area contributed by atoms with Gasteiger partial charge < -0.3 is 10.1 Å². The summed E-state index contributed by atoms with van der Waals surface area (Å²) in [7, 11) is 0. The molecule has 1 aromatic rings. The van der Waals surface area contributed by atoms with E-state index in [1.807, 2.05) is 12.1 Å². The highest BCUT2D eigenvalue weighted by Crippen LogP contribution is 2.25. The summed E-state index contributed by atoms with van der Waals surface area (Å²) >= 11 is 0. The first-order valence-corrected chi connectivity index (χ1v) is 7.10. The van der Waals surface area contributed by atoms with E-state index in [0.717, 1.165) is 18.3 Å². The predicted octanol–water partition coefficient (Wildman–Crippen LogP) is 3.54. The van der Waals surface area contributed by atoms with Crippen molar-refractivity contribution in [1.82, 2.24) is 5.32 Å². The molecule has 100 valence electrons. The number of hydrogen-bond donors (Lipinski definition) is 1. The second-order valence-corrected chi connectivity index (χ2v) is 5.71. The molecule has 1 saturated carbocycles. The molecule has 0 radical (unpaired) electrons. The summed E-state index contributed by atoms with van der Waals surface area (Å²) in [5.41, 5.74) is 1.27. The van der Waals surface area contributed by atoms with Gasteiger partial charge in [0.05, 0.1) is 0 Å². The Bertz CT molecular complexity index is 360. The predicted molar refractivity (Wildman–Crippen MR) is 76.1 cm³/mol. The third-order valence-corrected chi connectivity index (χ3v) is 3.88. The van der Waals surface area contributed by atoms with Crippen LogP contribution in [0.15, 0.2) is 24.3 Å². The lowest BCUT2D eigenvalue weighted by molar-refractivity contribution is 0.251. The van der Waals surface area contributed by atoms with Crippen LogP contribution in [-0.2, 0) is 0 Å². The molecule has 3 unspecified atom stereocenters. The van der Waals surface area contributed by atoms with Gasteiger partial charge in [0.25, 0.3) is 0 Å². The van der Waals surface area contributed by atoms with Gasteiger partial charge in [-0.25, -0.2) is 0 Å². The van der Waals surface area contributed by atoms with Crippen LogP contribution >= 0.6 is 0 Å². The molecule has 0 bridgehead atoms. The van der Waals surface area contributed by atoms with E-state index in [0.29, 0.717) is 12.1 Å². The van der Waals surface area contributed by atoms with E-state index >= 15 is 0 Å². The van der Waals surface area contributed by atoms with Crippen molar-refractivity contribution < 1.29 is 4.74 Å². The lowest BCUT2D eigenvalue weighted by atomic mass is 10.1. The van der Waals surface area contributed by atoms with Crippen molar-refractivity contribution in [1.29, 1.82) is 0 Å². The molecule has 0 aromatic heterocycles. The van der Waals surface area contributed by atoms with Crippen molar-refractivity contribution >= 4 is 0 Å². The minimum atomic E-state index is 0.414. The van der Waals surface area contributed by atoms with Crippen LogP contribution in [-0.4, -0.2) is 18.7 Å². The molecule has 0 heterocycles. The van der Waals surface area contributed by atoms with E-state index in [2.05, 4.69) is 38.2 Å². The average Bonchev–Trinajstić information content (AvgIpc) is 2.74. The van der Waals surface area contributed by atoms with Gasteiger partial charge in [-0.15, -0.1) is 0 Å². The third-order valence-electron chi connectivity index (χ3n) is 3.88. The molecule has 0 amide bonds. The standard InChI is InChI=1S/C16H25NO/c1-12-7-9-15(10-8-12)18-11-14(3)17-16-6-4-5-13(16)2/h7-10,13-14,16-17H,4-6,11H2,1-3H3. The molecule has 1 fully saturated rings. The van der Waals surface area contributed by atoms with Gasteiger partial charge in [0.2, 0.25) is 0 Å². The first-order valence-electron chi connectivity index (χ1n) is 7.10. The van der Waals surface area contributed by atoms with Gasteiger partial charge in [-0.2, -0.15) is 0 Å². The fourth-order valence-corrected chi connectivity index (χ4v) is 2.66. The van der Waals surface area contributed by atoms with E-state index in [1.54, 1.807) is 0 Å². The number of hydrogen-bond acceptors (Lipinski definition) is 2. The van der Waals surface area contributed by atoms with E-state index in [9.17, 15) is 0 Å². The van der Waals surface area contributed by atoms with Crippen molar-refractivity contribution in [2.45, 2.75) is 52.1 Å². The molecule has 0 saturated heterocycles. The van der Waals surface area contributed by atoms with Gasteiger partial charge in [0.15, 0.2) is 0 Å². The van der Waals surface area contributed by atoms with Crippen LogP contribution in [0, 0.1) is 12.8 Å². The number of nitrogens with one attached hydrogen (secondary N) is 1. The fraction of sp³-hybridized carbons (Fsp3) is 0.625. The molecule has 1 N–H and O–H groups in total. The summed E-state index contributed by atoms with van der Waals surface area (Å²) in [6.07, 6.45) is 4.05. The highest BCUT2D eigenvalue weighted by atomic mass is 16.5. The van der Waals surface area contributed by atoms with Gasteiger partial charge in [-0.1, -0.05) is 31.0 Å². The van der Waals surface area contributed by atoms with Crippen LogP contribution in [0.4, 0.5) is 0 Å². The lowest BCUT2D eigenvalue weighted by Crippen LogP contribution is -2.41. The summed E-state index contributed by atoms with van der Waals surface area (Å²) in [4.78, 5) is 0. The van der Waals surface area contributed by atoms with Crippen molar-refractivity contribution in [3.8, 4) is 5.75 Å². The Balaban J connectivity index is 1.74. The largest absolute Gasteiger partial charge is 0.492 e. The Labute approximate surface area is 111 Å². The van der Waals surface area contributed by atoms with Gasteiger partial charge >= 0.3 is 0 Å². The van der Waals surface area contributed by atoms with E-state index in [4.69, 9.17) is 4.74 Å². The van der Waals surface area contributed by atoms with Gasteiger partial charge in [0.1, 0.15) is 12.4 Å². The highest BCUT2D eigenvalue weighted by Gasteiger charge is 2.24. The van der Waals surface area contributed by atoms with Crippen molar-refractivity contribution in [3.63, 3.8) is 0 Å². The zero-order valence-electron chi connectivity index (χ0n) is 11.8. The Kier molecular flexibility index (Phi) is 4.65. The smallest absolute Gasteiger partial charge is 0.119 e. The van der Waals surface area contributed by atoms with Crippen LogP contribution in [0.1, 0.15) is 38.7 Å². The maximum Gasteiger partial charge on any atom is 0.119 e. The van der Waals surface area contributed by atoms with Crippen LogP contribution in [0.2, 0.25) is 0 Å². The zero-order valence-corrected chi connectivity index (χ0v) is 11.8. The van der Waals surface area contributed by atoms with Gasteiger partial charge in [0, 0.05) is 12.1 Å². The van der Waals surface area contributed by atoms with E-state index in [-0.39, 0.29) is 0 Å². The normalized spacial score (nSPS) is 25.1. The molecule has 1 aromatic carbocycles. The first kappa shape index (κ1) is 13.4. The Morgan fingerprint density at radius 3 is 2.61 bits per heavy atom. The van der Waals surface area contributed by atoms with E-state index < -0.39 is 0 Å². The summed E-state index contributed by atoms with van der Waals surface area (Å²) in [6.45, 7) is 7.39. The summed E-state index contributed by atoms with van der Waals surface area (Å²) in [5, 5.41) is 3.69. The SMILES string of the molecule is Cc1ccc(OCC(C)NC2CCCC2C)cc1. The van der Waals surface area contributed by atoms with Crippen molar-refractivity contribution in [2.75, 3.05) is 6.61 Å². The average molecular weight is 247 g/mol. The quantitative estimate of drug-likeness (QED) is 0.859. The molecule has 2 nitrogen and oxygen atoms in total. The van der Waals surface area contributed by atoms with Crippen LogP contribution in [0.5, 0.6) is 5.75 Å². The summed E-state index contributed by atoms with van der Waals surface area (Å²) < 4.78 is 5.81. The third kappa shape index (κ3) is 3.74. The Morgan fingerprint density at radius 2 is 2.00 bits per heavy atom. The van der Waals surface area contributed by atoms with E-state index in [1.165, 1.54) is 24.8 Å². The molecule has 1 aliphatic rings. The minimum Gasteiger partial charge on any atom is -0.492 e. The van der Waals surface area contributed by atoms with Gasteiger partial charge in [-0.05, 0) is 44.7 Å². The van der Waals surface area contributed by atoms with Crippen molar-refractivity contribution in [3.05, 3.63) is 29.8 Å². The summed E-state index contributed by atoms with van der Waals surface area (Å²) in [5.74, 6) is 1.78. The van der Waals surface area contributed by atoms with Gasteiger partial charge in [-0.3, -0.25) is 0 Å². The van der Waals surface area contributed by atoms with Crippen molar-refractivity contribution in [2.24, 2.45) is 5.92 Å². The molecule has 2 heteroatoms. The molecule has 3 atom stereocenters.